The number of nitrogen functional groups attached to an aromatic ring is 1. The highest BCUT2D eigenvalue weighted by molar-refractivity contribution is 9.10. The van der Waals surface area contributed by atoms with Gasteiger partial charge in [0, 0.05) is 22.6 Å². The van der Waals surface area contributed by atoms with Crippen LogP contribution in [0.3, 0.4) is 0 Å². The molecule has 0 amide bonds. The lowest BCUT2D eigenvalue weighted by molar-refractivity contribution is 0.468. The molecule has 3 N–H and O–H groups in total. The Kier molecular flexibility index (Phi) is 5.08. The number of anilines is 2. The quantitative estimate of drug-likeness (QED) is 0.454. The lowest BCUT2D eigenvalue weighted by Gasteiger charge is -2.13. The van der Waals surface area contributed by atoms with Crippen LogP contribution in [-0.4, -0.2) is 15.0 Å². The van der Waals surface area contributed by atoms with E-state index in [0.717, 1.165) is 20.9 Å². The average molecular weight is 436 g/mol. The van der Waals surface area contributed by atoms with Crippen LogP contribution in [-0.2, 0) is 6.54 Å². The third-order valence-electron chi connectivity index (χ3n) is 4.31. The van der Waals surface area contributed by atoms with Gasteiger partial charge in [-0.3, -0.25) is 4.98 Å². The van der Waals surface area contributed by atoms with Crippen molar-refractivity contribution in [2.45, 2.75) is 13.5 Å². The number of hydrogen-bond donors (Lipinski definition) is 2. The molecule has 0 aliphatic rings. The summed E-state index contributed by atoms with van der Waals surface area (Å²) in [5.41, 5.74) is 9.68. The van der Waals surface area contributed by atoms with Gasteiger partial charge in [0.15, 0.2) is 11.6 Å². The SMILES string of the molecule is Cc1ccc(CNc2ncnc(Oc3ccc(Br)c4cccnc34)c2N)cc1. The van der Waals surface area contributed by atoms with Crippen molar-refractivity contribution in [3.8, 4) is 11.6 Å². The molecule has 0 bridgehead atoms. The zero-order chi connectivity index (χ0) is 19.5. The number of rotatable bonds is 5. The number of benzene rings is 2. The second-order valence-corrected chi connectivity index (χ2v) is 7.18. The van der Waals surface area contributed by atoms with E-state index in [1.54, 1.807) is 6.20 Å². The first-order chi connectivity index (χ1) is 13.6. The second kappa shape index (κ2) is 7.82. The maximum atomic E-state index is 6.25. The molecule has 0 saturated heterocycles. The fourth-order valence-corrected chi connectivity index (χ4v) is 3.24. The van der Waals surface area contributed by atoms with Crippen LogP contribution in [0.4, 0.5) is 11.5 Å². The predicted octanol–water partition coefficient (Wildman–Crippen LogP) is 5.08. The molecule has 4 rings (SSSR count). The van der Waals surface area contributed by atoms with Gasteiger partial charge in [0.2, 0.25) is 5.88 Å². The summed E-state index contributed by atoms with van der Waals surface area (Å²) in [5, 5.41) is 4.19. The molecule has 2 heterocycles. The van der Waals surface area contributed by atoms with Crippen molar-refractivity contribution in [1.82, 2.24) is 15.0 Å². The Bertz CT molecular complexity index is 1130. The number of ether oxygens (including phenoxy) is 1. The third kappa shape index (κ3) is 3.75. The van der Waals surface area contributed by atoms with Gasteiger partial charge in [-0.1, -0.05) is 51.8 Å². The lowest BCUT2D eigenvalue weighted by atomic mass is 10.1. The smallest absolute Gasteiger partial charge is 0.248 e. The summed E-state index contributed by atoms with van der Waals surface area (Å²) in [6.45, 7) is 2.66. The molecule has 28 heavy (non-hydrogen) atoms. The van der Waals surface area contributed by atoms with Crippen LogP contribution in [0.25, 0.3) is 10.9 Å². The van der Waals surface area contributed by atoms with E-state index in [9.17, 15) is 0 Å². The van der Waals surface area contributed by atoms with Crippen LogP contribution in [0.15, 0.2) is 65.5 Å². The first kappa shape index (κ1) is 18.2. The van der Waals surface area contributed by atoms with Gasteiger partial charge in [-0.15, -0.1) is 0 Å². The minimum absolute atomic E-state index is 0.288. The Morgan fingerprint density at radius 2 is 1.86 bits per heavy atom. The molecular weight excluding hydrogens is 418 g/mol. The van der Waals surface area contributed by atoms with Gasteiger partial charge >= 0.3 is 0 Å². The third-order valence-corrected chi connectivity index (χ3v) is 5.01. The van der Waals surface area contributed by atoms with E-state index in [-0.39, 0.29) is 5.88 Å². The highest BCUT2D eigenvalue weighted by Crippen LogP contribution is 2.35. The predicted molar refractivity (Wildman–Crippen MR) is 114 cm³/mol. The van der Waals surface area contributed by atoms with Gasteiger partial charge in [0.05, 0.1) is 0 Å². The van der Waals surface area contributed by atoms with Crippen molar-refractivity contribution in [3.05, 3.63) is 76.7 Å². The largest absolute Gasteiger partial charge is 0.435 e. The molecule has 0 unspecified atom stereocenters. The molecule has 4 aromatic rings. The molecular formula is C21H18BrN5O. The van der Waals surface area contributed by atoms with Gasteiger partial charge in [0.25, 0.3) is 0 Å². The summed E-state index contributed by atoms with van der Waals surface area (Å²) in [4.78, 5) is 12.8. The minimum atomic E-state index is 0.288. The molecule has 0 radical (unpaired) electrons. The number of fused-ring (bicyclic) bond motifs is 1. The molecule has 0 aliphatic heterocycles. The Morgan fingerprint density at radius 3 is 2.68 bits per heavy atom. The molecule has 2 aromatic carbocycles. The maximum absolute atomic E-state index is 6.25. The topological polar surface area (TPSA) is 86.0 Å². The van der Waals surface area contributed by atoms with E-state index in [0.29, 0.717) is 23.8 Å². The second-order valence-electron chi connectivity index (χ2n) is 6.33. The highest BCUT2D eigenvalue weighted by Gasteiger charge is 2.13. The van der Waals surface area contributed by atoms with Crippen molar-refractivity contribution in [3.63, 3.8) is 0 Å². The number of aromatic nitrogens is 3. The number of hydrogen-bond acceptors (Lipinski definition) is 6. The van der Waals surface area contributed by atoms with Crippen LogP contribution >= 0.6 is 15.9 Å². The van der Waals surface area contributed by atoms with Gasteiger partial charge in [-0.05, 0) is 30.7 Å². The molecule has 0 atom stereocenters. The van der Waals surface area contributed by atoms with E-state index < -0.39 is 0 Å². The number of pyridine rings is 1. The van der Waals surface area contributed by atoms with Crippen molar-refractivity contribution >= 4 is 38.3 Å². The Morgan fingerprint density at radius 1 is 1.04 bits per heavy atom. The lowest BCUT2D eigenvalue weighted by Crippen LogP contribution is -2.07. The average Bonchev–Trinajstić information content (AvgIpc) is 2.72. The highest BCUT2D eigenvalue weighted by atomic mass is 79.9. The van der Waals surface area contributed by atoms with Crippen molar-refractivity contribution in [2.75, 3.05) is 11.1 Å². The summed E-state index contributed by atoms with van der Waals surface area (Å²) in [5.74, 6) is 1.39. The van der Waals surface area contributed by atoms with Crippen LogP contribution in [0.5, 0.6) is 11.6 Å². The van der Waals surface area contributed by atoms with Crippen molar-refractivity contribution < 1.29 is 4.74 Å². The number of aryl methyl sites for hydroxylation is 1. The van der Waals surface area contributed by atoms with Crippen LogP contribution in [0.1, 0.15) is 11.1 Å². The summed E-state index contributed by atoms with van der Waals surface area (Å²) < 4.78 is 6.93. The summed E-state index contributed by atoms with van der Waals surface area (Å²) in [6.07, 6.45) is 3.15. The van der Waals surface area contributed by atoms with E-state index in [4.69, 9.17) is 10.5 Å². The van der Waals surface area contributed by atoms with E-state index in [1.807, 2.05) is 24.3 Å². The molecule has 0 aliphatic carbocycles. The number of halogens is 1. The Balaban J connectivity index is 1.59. The molecule has 0 spiro atoms. The van der Waals surface area contributed by atoms with Crippen molar-refractivity contribution in [1.29, 1.82) is 0 Å². The minimum Gasteiger partial charge on any atom is -0.435 e. The van der Waals surface area contributed by atoms with Gasteiger partial charge in [0.1, 0.15) is 17.5 Å². The molecule has 7 heteroatoms. The zero-order valence-corrected chi connectivity index (χ0v) is 16.8. The zero-order valence-electron chi connectivity index (χ0n) is 15.2. The van der Waals surface area contributed by atoms with E-state index >= 15 is 0 Å². The van der Waals surface area contributed by atoms with E-state index in [1.165, 1.54) is 11.9 Å². The molecule has 6 nitrogen and oxygen atoms in total. The molecule has 0 saturated carbocycles. The normalized spacial score (nSPS) is 10.8. The van der Waals surface area contributed by atoms with Crippen LogP contribution in [0, 0.1) is 6.92 Å². The standard InChI is InChI=1S/C21H18BrN5O/c1-13-4-6-14(7-5-13)11-25-20-18(23)21(27-12-26-20)28-17-9-8-16(22)15-3-2-10-24-19(15)17/h2-10,12H,11,23H2,1H3,(H,25,26,27). The summed E-state index contributed by atoms with van der Waals surface area (Å²) in [6, 6.07) is 15.9. The fraction of sp³-hybridized carbons (Fsp3) is 0.0952. The Hall–Kier alpha value is -3.19. The van der Waals surface area contributed by atoms with Crippen molar-refractivity contribution in [2.24, 2.45) is 0 Å². The van der Waals surface area contributed by atoms with Gasteiger partial charge in [-0.2, -0.15) is 4.98 Å². The first-order valence-corrected chi connectivity index (χ1v) is 9.52. The number of nitrogens with two attached hydrogens (primary N) is 1. The van der Waals surface area contributed by atoms with Crippen LogP contribution in [0.2, 0.25) is 0 Å². The summed E-state index contributed by atoms with van der Waals surface area (Å²) >= 11 is 3.53. The molecule has 2 aromatic heterocycles. The van der Waals surface area contributed by atoms with Gasteiger partial charge in [-0.25, -0.2) is 4.98 Å². The number of nitrogens with zero attached hydrogens (tertiary/aromatic N) is 3. The fourth-order valence-electron chi connectivity index (χ4n) is 2.79. The van der Waals surface area contributed by atoms with Crippen LogP contribution < -0.4 is 15.8 Å². The molecule has 0 fully saturated rings. The maximum Gasteiger partial charge on any atom is 0.248 e. The van der Waals surface area contributed by atoms with Gasteiger partial charge < -0.3 is 15.8 Å². The summed E-state index contributed by atoms with van der Waals surface area (Å²) in [7, 11) is 0. The van der Waals surface area contributed by atoms with E-state index in [2.05, 4.69) is 67.4 Å². The molecule has 140 valence electrons. The number of nitrogens with one attached hydrogen (secondary N) is 1. The monoisotopic (exact) mass is 435 g/mol. The first-order valence-electron chi connectivity index (χ1n) is 8.73. The Labute approximate surface area is 170 Å².